The molecule has 0 aromatic heterocycles. The molecule has 0 radical (unpaired) electrons. The Kier molecular flexibility index (Phi) is 2.16. The third-order valence-electron chi connectivity index (χ3n) is 5.10. The lowest BCUT2D eigenvalue weighted by atomic mass is 9.91. The summed E-state index contributed by atoms with van der Waals surface area (Å²) in [5, 5.41) is 11.0. The lowest BCUT2D eigenvalue weighted by Gasteiger charge is -2.20. The van der Waals surface area contributed by atoms with Gasteiger partial charge in [0.05, 0.1) is 5.60 Å². The van der Waals surface area contributed by atoms with Gasteiger partial charge in [-0.3, -0.25) is 0 Å². The van der Waals surface area contributed by atoms with Crippen LogP contribution in [0, 0.1) is 11.8 Å². The zero-order valence-corrected chi connectivity index (χ0v) is 10.7. The molecule has 2 saturated carbocycles. The maximum absolute atomic E-state index is 11.0. The summed E-state index contributed by atoms with van der Waals surface area (Å²) in [6.07, 6.45) is 5.16. The molecule has 1 aliphatic heterocycles. The van der Waals surface area contributed by atoms with Crippen molar-refractivity contribution < 1.29 is 5.11 Å². The van der Waals surface area contributed by atoms with E-state index in [4.69, 9.17) is 0 Å². The van der Waals surface area contributed by atoms with Crippen LogP contribution in [0.4, 0.5) is 0 Å². The lowest BCUT2D eigenvalue weighted by Crippen LogP contribution is -2.24. The monoisotopic (exact) mass is 246 g/mol. The van der Waals surface area contributed by atoms with Crippen molar-refractivity contribution in [1.82, 2.24) is 0 Å². The zero-order chi connectivity index (χ0) is 11.5. The second-order valence-electron chi connectivity index (χ2n) is 5.79. The van der Waals surface area contributed by atoms with Gasteiger partial charge in [0.25, 0.3) is 0 Å². The molecule has 2 fully saturated rings. The fourth-order valence-electron chi connectivity index (χ4n) is 4.20. The van der Waals surface area contributed by atoms with Gasteiger partial charge in [-0.05, 0) is 36.3 Å². The van der Waals surface area contributed by atoms with Crippen molar-refractivity contribution in [3.8, 4) is 0 Å². The van der Waals surface area contributed by atoms with Crippen molar-refractivity contribution in [2.45, 2.75) is 42.1 Å². The maximum Gasteiger partial charge on any atom is 0.0787 e. The predicted molar refractivity (Wildman–Crippen MR) is 70.3 cm³/mol. The molecule has 2 aliphatic carbocycles. The summed E-state index contributed by atoms with van der Waals surface area (Å²) in [4.78, 5) is 1.40. The van der Waals surface area contributed by atoms with E-state index >= 15 is 0 Å². The van der Waals surface area contributed by atoms with Crippen molar-refractivity contribution in [3.63, 3.8) is 0 Å². The molecule has 1 N–H and O–H groups in total. The van der Waals surface area contributed by atoms with Crippen LogP contribution in [0.1, 0.15) is 37.2 Å². The van der Waals surface area contributed by atoms with Gasteiger partial charge in [-0.25, -0.2) is 0 Å². The average Bonchev–Trinajstić information content (AvgIpc) is 2.80. The molecule has 3 atom stereocenters. The van der Waals surface area contributed by atoms with Crippen LogP contribution in [0.15, 0.2) is 29.2 Å². The van der Waals surface area contributed by atoms with E-state index in [-0.39, 0.29) is 5.60 Å². The summed E-state index contributed by atoms with van der Waals surface area (Å²) >= 11 is 1.93. The van der Waals surface area contributed by atoms with Crippen LogP contribution < -0.4 is 0 Å². The summed E-state index contributed by atoms with van der Waals surface area (Å²) in [5.41, 5.74) is 1.06. The van der Waals surface area contributed by atoms with Crippen LogP contribution >= 0.6 is 11.8 Å². The molecule has 1 aromatic carbocycles. The van der Waals surface area contributed by atoms with Crippen molar-refractivity contribution in [2.75, 3.05) is 5.75 Å². The number of aliphatic hydroxyl groups is 1. The van der Waals surface area contributed by atoms with E-state index in [0.29, 0.717) is 17.8 Å². The number of fused-ring (bicyclic) bond motifs is 2. The Morgan fingerprint density at radius 2 is 1.82 bits per heavy atom. The van der Waals surface area contributed by atoms with Gasteiger partial charge >= 0.3 is 0 Å². The molecule has 0 amide bonds. The van der Waals surface area contributed by atoms with Crippen LogP contribution in [0.5, 0.6) is 0 Å². The summed E-state index contributed by atoms with van der Waals surface area (Å²) < 4.78 is 0. The molecule has 3 aliphatic rings. The number of benzene rings is 1. The molecule has 90 valence electrons. The Morgan fingerprint density at radius 3 is 2.59 bits per heavy atom. The highest BCUT2D eigenvalue weighted by molar-refractivity contribution is 7.99. The summed E-state index contributed by atoms with van der Waals surface area (Å²) in [6.45, 7) is 0. The molecule has 1 aromatic rings. The normalized spacial score (nSPS) is 43.0. The van der Waals surface area contributed by atoms with E-state index in [1.165, 1.54) is 36.1 Å². The molecule has 17 heavy (non-hydrogen) atoms. The average molecular weight is 246 g/mol. The maximum atomic E-state index is 11.0. The minimum absolute atomic E-state index is 0.351. The standard InChI is InChI=1S/C15H18OS/c16-15(11-6-2-3-7-12(11)15)13-9-17-14-8-4-1-5-10(13)14/h1,4-5,8,11-13,16H,2-3,6-7,9H2. The van der Waals surface area contributed by atoms with Gasteiger partial charge in [-0.2, -0.15) is 0 Å². The first-order valence-electron chi connectivity index (χ1n) is 6.76. The Balaban J connectivity index is 1.69. The fraction of sp³-hybridized carbons (Fsp3) is 0.600. The Morgan fingerprint density at radius 1 is 1.12 bits per heavy atom. The van der Waals surface area contributed by atoms with E-state index in [0.717, 1.165) is 5.75 Å². The van der Waals surface area contributed by atoms with Crippen molar-refractivity contribution in [3.05, 3.63) is 29.8 Å². The first kappa shape index (κ1) is 10.5. The topological polar surface area (TPSA) is 20.2 Å². The quantitative estimate of drug-likeness (QED) is 0.819. The molecule has 0 spiro atoms. The van der Waals surface area contributed by atoms with Crippen LogP contribution in [-0.2, 0) is 0 Å². The summed E-state index contributed by atoms with van der Waals surface area (Å²) in [5.74, 6) is 2.70. The Hall–Kier alpha value is -0.470. The Labute approximate surface area is 107 Å². The van der Waals surface area contributed by atoms with E-state index in [2.05, 4.69) is 24.3 Å². The molecule has 1 heterocycles. The van der Waals surface area contributed by atoms with Crippen molar-refractivity contribution in [2.24, 2.45) is 11.8 Å². The smallest absolute Gasteiger partial charge is 0.0787 e. The minimum atomic E-state index is -0.351. The number of hydrogen-bond acceptors (Lipinski definition) is 2. The molecular formula is C15H18OS. The largest absolute Gasteiger partial charge is 0.389 e. The third kappa shape index (κ3) is 1.31. The molecule has 4 rings (SSSR count). The van der Waals surface area contributed by atoms with Gasteiger partial charge in [-0.15, -0.1) is 11.8 Å². The lowest BCUT2D eigenvalue weighted by molar-refractivity contribution is 0.0950. The minimum Gasteiger partial charge on any atom is -0.389 e. The van der Waals surface area contributed by atoms with E-state index in [1.807, 2.05) is 11.8 Å². The molecule has 0 saturated heterocycles. The highest BCUT2D eigenvalue weighted by Gasteiger charge is 2.68. The van der Waals surface area contributed by atoms with Gasteiger partial charge in [0.15, 0.2) is 0 Å². The molecule has 3 unspecified atom stereocenters. The highest BCUT2D eigenvalue weighted by atomic mass is 32.2. The first-order valence-corrected chi connectivity index (χ1v) is 7.74. The van der Waals surface area contributed by atoms with Gasteiger partial charge in [0, 0.05) is 16.6 Å². The van der Waals surface area contributed by atoms with Crippen LogP contribution in [0.25, 0.3) is 0 Å². The number of rotatable bonds is 1. The fourth-order valence-corrected chi connectivity index (χ4v) is 5.55. The second kappa shape index (κ2) is 3.52. The van der Waals surface area contributed by atoms with Gasteiger partial charge in [0.1, 0.15) is 0 Å². The van der Waals surface area contributed by atoms with E-state index in [9.17, 15) is 5.11 Å². The van der Waals surface area contributed by atoms with Crippen molar-refractivity contribution >= 4 is 11.8 Å². The molecule has 2 heteroatoms. The van der Waals surface area contributed by atoms with Gasteiger partial charge in [0.2, 0.25) is 0 Å². The summed E-state index contributed by atoms with van der Waals surface area (Å²) in [7, 11) is 0. The summed E-state index contributed by atoms with van der Waals surface area (Å²) in [6, 6.07) is 8.66. The highest BCUT2D eigenvalue weighted by Crippen LogP contribution is 2.66. The van der Waals surface area contributed by atoms with Crippen LogP contribution in [-0.4, -0.2) is 16.5 Å². The third-order valence-corrected chi connectivity index (χ3v) is 6.29. The molecule has 0 bridgehead atoms. The van der Waals surface area contributed by atoms with E-state index in [1.54, 1.807) is 0 Å². The first-order chi connectivity index (χ1) is 8.32. The molecule has 1 nitrogen and oxygen atoms in total. The number of hydrogen-bond donors (Lipinski definition) is 1. The van der Waals surface area contributed by atoms with Gasteiger partial charge in [-0.1, -0.05) is 31.0 Å². The number of thioether (sulfide) groups is 1. The SMILES string of the molecule is OC1(C2CSc3ccccc32)C2CCCCC21. The predicted octanol–water partition coefficient (Wildman–Crippen LogP) is 3.43. The molecular weight excluding hydrogens is 228 g/mol. The van der Waals surface area contributed by atoms with Gasteiger partial charge < -0.3 is 5.11 Å². The Bertz CT molecular complexity index is 444. The van der Waals surface area contributed by atoms with E-state index < -0.39 is 0 Å². The zero-order valence-electron chi connectivity index (χ0n) is 9.93. The van der Waals surface area contributed by atoms with Crippen LogP contribution in [0.2, 0.25) is 0 Å². The van der Waals surface area contributed by atoms with Crippen LogP contribution in [0.3, 0.4) is 0 Å². The second-order valence-corrected chi connectivity index (χ2v) is 6.85. The van der Waals surface area contributed by atoms with Crippen molar-refractivity contribution in [1.29, 1.82) is 0 Å².